The van der Waals surface area contributed by atoms with Crippen LogP contribution in [0.1, 0.15) is 24.3 Å². The minimum absolute atomic E-state index is 0.487. The first-order valence-corrected chi connectivity index (χ1v) is 5.76. The smallest absolute Gasteiger partial charge is 0.123 e. The molecule has 1 atom stereocenters. The van der Waals surface area contributed by atoms with E-state index in [1.165, 1.54) is 5.56 Å². The van der Waals surface area contributed by atoms with Gasteiger partial charge in [0, 0.05) is 10.9 Å². The van der Waals surface area contributed by atoms with Crippen LogP contribution in [-0.4, -0.2) is 10.1 Å². The van der Waals surface area contributed by atoms with Crippen LogP contribution in [0.4, 0.5) is 0 Å². The van der Waals surface area contributed by atoms with Crippen LogP contribution in [0.5, 0.6) is 0 Å². The summed E-state index contributed by atoms with van der Waals surface area (Å²) in [6.45, 7) is 3.80. The summed E-state index contributed by atoms with van der Waals surface area (Å²) in [7, 11) is 0. The summed E-state index contributed by atoms with van der Waals surface area (Å²) in [5, 5.41) is 12.3. The van der Waals surface area contributed by atoms with Crippen LogP contribution in [0.15, 0.2) is 29.6 Å². The highest BCUT2D eigenvalue weighted by Gasteiger charge is 2.09. The van der Waals surface area contributed by atoms with Crippen LogP contribution in [0.2, 0.25) is 0 Å². The van der Waals surface area contributed by atoms with Crippen molar-refractivity contribution >= 4 is 11.3 Å². The maximum atomic E-state index is 9.40. The minimum atomic E-state index is -0.487. The second kappa shape index (κ2) is 4.13. The van der Waals surface area contributed by atoms with Crippen LogP contribution < -0.4 is 0 Å². The van der Waals surface area contributed by atoms with E-state index in [2.05, 4.69) is 24.0 Å². The van der Waals surface area contributed by atoms with Gasteiger partial charge in [0.25, 0.3) is 0 Å². The molecule has 0 aliphatic rings. The molecule has 78 valence electrons. The lowest BCUT2D eigenvalue weighted by molar-refractivity contribution is 0.195. The highest BCUT2D eigenvalue weighted by atomic mass is 32.1. The molecule has 0 saturated heterocycles. The predicted octanol–water partition coefficient (Wildman–Crippen LogP) is 3.17. The average molecular weight is 219 g/mol. The van der Waals surface area contributed by atoms with E-state index in [0.717, 1.165) is 16.3 Å². The number of hydrogen-bond donors (Lipinski definition) is 1. The number of aromatic nitrogens is 1. The van der Waals surface area contributed by atoms with Crippen LogP contribution in [0.25, 0.3) is 10.6 Å². The number of thiazole rings is 1. The summed E-state index contributed by atoms with van der Waals surface area (Å²) in [5.41, 5.74) is 3.11. The number of benzene rings is 1. The van der Waals surface area contributed by atoms with Crippen LogP contribution in [0.3, 0.4) is 0 Å². The molecule has 1 unspecified atom stereocenters. The summed E-state index contributed by atoms with van der Waals surface area (Å²) in [5.74, 6) is 0. The van der Waals surface area contributed by atoms with Crippen LogP contribution in [0, 0.1) is 6.92 Å². The highest BCUT2D eigenvalue weighted by molar-refractivity contribution is 7.13. The molecule has 0 saturated carbocycles. The zero-order valence-electron chi connectivity index (χ0n) is 8.77. The predicted molar refractivity (Wildman–Crippen MR) is 62.9 cm³/mol. The quantitative estimate of drug-likeness (QED) is 0.841. The van der Waals surface area contributed by atoms with Crippen molar-refractivity contribution in [1.29, 1.82) is 0 Å². The largest absolute Gasteiger partial charge is 0.387 e. The normalized spacial score (nSPS) is 12.7. The van der Waals surface area contributed by atoms with Gasteiger partial charge in [-0.05, 0) is 19.4 Å². The van der Waals surface area contributed by atoms with Crippen molar-refractivity contribution < 1.29 is 5.11 Å². The molecule has 0 aliphatic carbocycles. The number of rotatable bonds is 2. The van der Waals surface area contributed by atoms with Gasteiger partial charge in [-0.25, -0.2) is 4.98 Å². The zero-order chi connectivity index (χ0) is 10.8. The molecule has 1 heterocycles. The number of aliphatic hydroxyl groups excluding tert-OH is 1. The third kappa shape index (κ3) is 2.08. The second-order valence-corrected chi connectivity index (χ2v) is 4.43. The number of aryl methyl sites for hydroxylation is 1. The Morgan fingerprint density at radius 2 is 2.07 bits per heavy atom. The van der Waals surface area contributed by atoms with Crippen molar-refractivity contribution in [2.75, 3.05) is 0 Å². The molecule has 0 radical (unpaired) electrons. The molecule has 0 spiro atoms. The Kier molecular flexibility index (Phi) is 2.84. The Morgan fingerprint density at radius 1 is 1.33 bits per heavy atom. The van der Waals surface area contributed by atoms with Crippen LogP contribution >= 0.6 is 11.3 Å². The van der Waals surface area contributed by atoms with E-state index in [9.17, 15) is 5.11 Å². The van der Waals surface area contributed by atoms with E-state index in [4.69, 9.17) is 0 Å². The molecule has 3 heteroatoms. The van der Waals surface area contributed by atoms with E-state index in [-0.39, 0.29) is 0 Å². The fourth-order valence-corrected chi connectivity index (χ4v) is 2.41. The lowest BCUT2D eigenvalue weighted by atomic mass is 10.1. The molecule has 0 fully saturated rings. The SMILES string of the molecule is Cc1ccccc1-c1nc(C(C)O)cs1. The van der Waals surface area contributed by atoms with Crippen molar-refractivity contribution in [3.05, 3.63) is 40.9 Å². The molecule has 15 heavy (non-hydrogen) atoms. The van der Waals surface area contributed by atoms with Crippen molar-refractivity contribution in [2.45, 2.75) is 20.0 Å². The first-order chi connectivity index (χ1) is 7.18. The summed E-state index contributed by atoms with van der Waals surface area (Å²) in [6.07, 6.45) is -0.487. The van der Waals surface area contributed by atoms with Gasteiger partial charge >= 0.3 is 0 Å². The summed E-state index contributed by atoms with van der Waals surface area (Å²) in [6, 6.07) is 8.15. The topological polar surface area (TPSA) is 33.1 Å². The average Bonchev–Trinajstić information content (AvgIpc) is 2.67. The third-order valence-electron chi connectivity index (χ3n) is 2.33. The van der Waals surface area contributed by atoms with Gasteiger partial charge in [-0.1, -0.05) is 24.3 Å². The van der Waals surface area contributed by atoms with Gasteiger partial charge < -0.3 is 5.11 Å². The van der Waals surface area contributed by atoms with Gasteiger partial charge in [-0.15, -0.1) is 11.3 Å². The summed E-state index contributed by atoms with van der Waals surface area (Å²) < 4.78 is 0. The lowest BCUT2D eigenvalue weighted by Crippen LogP contribution is -1.90. The van der Waals surface area contributed by atoms with E-state index in [1.54, 1.807) is 18.3 Å². The van der Waals surface area contributed by atoms with Gasteiger partial charge in [0.2, 0.25) is 0 Å². The molecular formula is C12H13NOS. The molecular weight excluding hydrogens is 206 g/mol. The van der Waals surface area contributed by atoms with Gasteiger partial charge in [-0.3, -0.25) is 0 Å². The van der Waals surface area contributed by atoms with Crippen molar-refractivity contribution in [3.63, 3.8) is 0 Å². The molecule has 2 nitrogen and oxygen atoms in total. The second-order valence-electron chi connectivity index (χ2n) is 3.57. The molecule has 1 aromatic heterocycles. The fraction of sp³-hybridized carbons (Fsp3) is 0.250. The molecule has 2 rings (SSSR count). The highest BCUT2D eigenvalue weighted by Crippen LogP contribution is 2.28. The van der Waals surface area contributed by atoms with E-state index >= 15 is 0 Å². The Balaban J connectivity index is 2.42. The van der Waals surface area contributed by atoms with E-state index in [1.807, 2.05) is 17.5 Å². The van der Waals surface area contributed by atoms with Crippen LogP contribution in [-0.2, 0) is 0 Å². The Labute approximate surface area is 93.2 Å². The summed E-state index contributed by atoms with van der Waals surface area (Å²) in [4.78, 5) is 4.41. The first kappa shape index (κ1) is 10.3. The first-order valence-electron chi connectivity index (χ1n) is 4.88. The molecule has 1 aromatic carbocycles. The number of hydrogen-bond acceptors (Lipinski definition) is 3. The zero-order valence-corrected chi connectivity index (χ0v) is 9.58. The lowest BCUT2D eigenvalue weighted by Gasteiger charge is -2.01. The Morgan fingerprint density at radius 3 is 2.67 bits per heavy atom. The minimum Gasteiger partial charge on any atom is -0.387 e. The third-order valence-corrected chi connectivity index (χ3v) is 3.22. The van der Waals surface area contributed by atoms with Gasteiger partial charge in [0.05, 0.1) is 11.8 Å². The van der Waals surface area contributed by atoms with Crippen molar-refractivity contribution in [3.8, 4) is 10.6 Å². The van der Waals surface area contributed by atoms with Gasteiger partial charge in [0.15, 0.2) is 0 Å². The maximum Gasteiger partial charge on any atom is 0.123 e. The van der Waals surface area contributed by atoms with Gasteiger partial charge in [-0.2, -0.15) is 0 Å². The van der Waals surface area contributed by atoms with E-state index in [0.29, 0.717) is 0 Å². The monoisotopic (exact) mass is 219 g/mol. The maximum absolute atomic E-state index is 9.40. The number of nitrogens with zero attached hydrogens (tertiary/aromatic N) is 1. The number of aliphatic hydroxyl groups is 1. The molecule has 0 amide bonds. The Hall–Kier alpha value is -1.19. The Bertz CT molecular complexity index is 462. The van der Waals surface area contributed by atoms with E-state index < -0.39 is 6.10 Å². The van der Waals surface area contributed by atoms with Crippen molar-refractivity contribution in [1.82, 2.24) is 4.98 Å². The molecule has 0 aliphatic heterocycles. The van der Waals surface area contributed by atoms with Gasteiger partial charge in [0.1, 0.15) is 5.01 Å². The molecule has 1 N–H and O–H groups in total. The standard InChI is InChI=1S/C12H13NOS/c1-8-5-3-4-6-10(8)12-13-11(7-15-12)9(2)14/h3-7,9,14H,1-2H3. The van der Waals surface area contributed by atoms with Crippen molar-refractivity contribution in [2.24, 2.45) is 0 Å². The fourth-order valence-electron chi connectivity index (χ4n) is 1.41. The molecule has 0 bridgehead atoms. The molecule has 2 aromatic rings. The summed E-state index contributed by atoms with van der Waals surface area (Å²) >= 11 is 1.57.